The van der Waals surface area contributed by atoms with Gasteiger partial charge in [0.2, 0.25) is 0 Å². The number of hydrogen-bond donors (Lipinski definition) is 3. The van der Waals surface area contributed by atoms with Crippen molar-refractivity contribution in [2.75, 3.05) is 29.9 Å². The summed E-state index contributed by atoms with van der Waals surface area (Å²) in [6.07, 6.45) is 2.84. The third-order valence-corrected chi connectivity index (χ3v) is 4.16. The number of carbonyl (C=O) groups excluding carboxylic acids is 1. The van der Waals surface area contributed by atoms with Crippen molar-refractivity contribution in [3.8, 4) is 0 Å². The minimum absolute atomic E-state index is 0.0912. The Kier molecular flexibility index (Phi) is 5.45. The number of nitrogens with one attached hydrogen (secondary N) is 2. The second-order valence-corrected chi connectivity index (χ2v) is 5.97. The molecule has 1 atom stereocenters. The maximum Gasteiger partial charge on any atom is 0.319 e. The van der Waals surface area contributed by atoms with Crippen molar-refractivity contribution in [2.45, 2.75) is 18.9 Å². The van der Waals surface area contributed by atoms with Crippen LogP contribution in [0.2, 0.25) is 0 Å². The van der Waals surface area contributed by atoms with Gasteiger partial charge in [0.1, 0.15) is 11.6 Å². The lowest BCUT2D eigenvalue weighted by Gasteiger charge is -2.16. The molecule has 0 unspecified atom stereocenters. The highest BCUT2D eigenvalue weighted by Crippen LogP contribution is 2.19. The fourth-order valence-electron chi connectivity index (χ4n) is 2.81. The third kappa shape index (κ3) is 4.45. The van der Waals surface area contributed by atoms with E-state index in [4.69, 9.17) is 0 Å². The number of urea groups is 1. The molecule has 1 aromatic carbocycles. The SMILES string of the molecule is O=C(NC[C@@H](O)c1ccccc1F)Nc1ccc(N2CCCC2)nc1. The number of aromatic nitrogens is 1. The zero-order valence-corrected chi connectivity index (χ0v) is 13.8. The van der Waals surface area contributed by atoms with E-state index in [1.807, 2.05) is 6.07 Å². The first-order valence-electron chi connectivity index (χ1n) is 8.32. The van der Waals surface area contributed by atoms with E-state index >= 15 is 0 Å². The average molecular weight is 344 g/mol. The lowest BCUT2D eigenvalue weighted by atomic mass is 10.1. The standard InChI is InChI=1S/C18H21FN4O2/c19-15-6-2-1-5-14(15)16(24)12-21-18(25)22-13-7-8-17(20-11-13)23-9-3-4-10-23/h1-2,5-8,11,16,24H,3-4,9-10,12H2,(H2,21,22,25)/t16-/m1/s1. The molecule has 1 fully saturated rings. The smallest absolute Gasteiger partial charge is 0.319 e. The van der Waals surface area contributed by atoms with E-state index in [1.54, 1.807) is 24.4 Å². The number of nitrogens with zero attached hydrogens (tertiary/aromatic N) is 2. The summed E-state index contributed by atoms with van der Waals surface area (Å²) < 4.78 is 13.6. The van der Waals surface area contributed by atoms with Crippen LogP contribution in [0.3, 0.4) is 0 Å². The van der Waals surface area contributed by atoms with Crippen LogP contribution in [0.25, 0.3) is 0 Å². The molecule has 0 saturated carbocycles. The van der Waals surface area contributed by atoms with Gasteiger partial charge in [-0.3, -0.25) is 0 Å². The molecule has 2 heterocycles. The highest BCUT2D eigenvalue weighted by molar-refractivity contribution is 5.89. The van der Waals surface area contributed by atoms with Gasteiger partial charge in [0, 0.05) is 25.2 Å². The topological polar surface area (TPSA) is 77.5 Å². The number of halogens is 1. The van der Waals surface area contributed by atoms with E-state index in [9.17, 15) is 14.3 Å². The summed E-state index contributed by atoms with van der Waals surface area (Å²) in [5.74, 6) is 0.400. The van der Waals surface area contributed by atoms with Crippen molar-refractivity contribution in [3.63, 3.8) is 0 Å². The lowest BCUT2D eigenvalue weighted by Crippen LogP contribution is -2.32. The predicted molar refractivity (Wildman–Crippen MR) is 94.1 cm³/mol. The molecule has 3 N–H and O–H groups in total. The fraction of sp³-hybridized carbons (Fsp3) is 0.333. The van der Waals surface area contributed by atoms with Gasteiger partial charge in [0.15, 0.2) is 0 Å². The van der Waals surface area contributed by atoms with Gasteiger partial charge in [-0.25, -0.2) is 14.2 Å². The molecule has 0 radical (unpaired) electrons. The first kappa shape index (κ1) is 17.2. The molecule has 25 heavy (non-hydrogen) atoms. The van der Waals surface area contributed by atoms with Gasteiger partial charge >= 0.3 is 6.03 Å². The van der Waals surface area contributed by atoms with Crippen LogP contribution in [0.4, 0.5) is 20.7 Å². The molecular weight excluding hydrogens is 323 g/mol. The Morgan fingerprint density at radius 3 is 2.68 bits per heavy atom. The molecule has 132 valence electrons. The van der Waals surface area contributed by atoms with E-state index < -0.39 is 18.0 Å². The number of rotatable bonds is 5. The molecule has 1 aliphatic heterocycles. The normalized spacial score (nSPS) is 15.0. The molecule has 1 aliphatic rings. The van der Waals surface area contributed by atoms with Crippen LogP contribution in [0.1, 0.15) is 24.5 Å². The molecule has 1 aromatic heterocycles. The third-order valence-electron chi connectivity index (χ3n) is 4.16. The van der Waals surface area contributed by atoms with Crippen LogP contribution in [0, 0.1) is 5.82 Å². The minimum atomic E-state index is -1.11. The van der Waals surface area contributed by atoms with Gasteiger partial charge in [-0.15, -0.1) is 0 Å². The monoisotopic (exact) mass is 344 g/mol. The molecule has 6 nitrogen and oxygen atoms in total. The van der Waals surface area contributed by atoms with Gasteiger partial charge in [-0.1, -0.05) is 18.2 Å². The summed E-state index contributed by atoms with van der Waals surface area (Å²) in [6, 6.07) is 9.11. The second kappa shape index (κ2) is 7.94. The average Bonchev–Trinajstić information content (AvgIpc) is 3.15. The van der Waals surface area contributed by atoms with Gasteiger partial charge in [-0.05, 0) is 31.0 Å². The number of anilines is 2. The first-order chi connectivity index (χ1) is 12.1. The number of benzene rings is 1. The Labute approximate surface area is 145 Å². The molecule has 1 saturated heterocycles. The summed E-state index contributed by atoms with van der Waals surface area (Å²) in [7, 11) is 0. The Bertz CT molecular complexity index is 717. The molecule has 2 aromatic rings. The summed E-state index contributed by atoms with van der Waals surface area (Å²) >= 11 is 0. The first-order valence-corrected chi connectivity index (χ1v) is 8.32. The maximum atomic E-state index is 13.6. The quantitative estimate of drug-likeness (QED) is 0.779. The van der Waals surface area contributed by atoms with Gasteiger partial charge < -0.3 is 20.6 Å². The second-order valence-electron chi connectivity index (χ2n) is 5.97. The summed E-state index contributed by atoms with van der Waals surface area (Å²) in [5.41, 5.74) is 0.709. The molecule has 2 amide bonds. The highest BCUT2D eigenvalue weighted by atomic mass is 19.1. The maximum absolute atomic E-state index is 13.6. The molecule has 0 spiro atoms. The highest BCUT2D eigenvalue weighted by Gasteiger charge is 2.15. The molecule has 3 rings (SSSR count). The van der Waals surface area contributed by atoms with Crippen molar-refractivity contribution in [3.05, 3.63) is 54.0 Å². The van der Waals surface area contributed by atoms with Crippen molar-refractivity contribution in [1.29, 1.82) is 0 Å². The predicted octanol–water partition coefficient (Wildman–Crippen LogP) is 2.68. The Balaban J connectivity index is 1.49. The number of aliphatic hydroxyl groups excluding tert-OH is 1. The van der Waals surface area contributed by atoms with Gasteiger partial charge in [-0.2, -0.15) is 0 Å². The summed E-state index contributed by atoms with van der Waals surface area (Å²) in [5, 5.41) is 15.1. The van der Waals surface area contributed by atoms with Gasteiger partial charge in [0.25, 0.3) is 0 Å². The van der Waals surface area contributed by atoms with Crippen molar-refractivity contribution in [2.24, 2.45) is 0 Å². The molecule has 0 aliphatic carbocycles. The summed E-state index contributed by atoms with van der Waals surface area (Å²) in [4.78, 5) is 18.5. The Hall–Kier alpha value is -2.67. The summed E-state index contributed by atoms with van der Waals surface area (Å²) in [6.45, 7) is 1.93. The zero-order valence-electron chi connectivity index (χ0n) is 13.8. The van der Waals surface area contributed by atoms with Crippen LogP contribution in [0.15, 0.2) is 42.6 Å². The van der Waals surface area contributed by atoms with Crippen molar-refractivity contribution in [1.82, 2.24) is 10.3 Å². The van der Waals surface area contributed by atoms with E-state index in [2.05, 4.69) is 20.5 Å². The van der Waals surface area contributed by atoms with Crippen LogP contribution >= 0.6 is 0 Å². The van der Waals surface area contributed by atoms with Crippen LogP contribution in [-0.4, -0.2) is 35.8 Å². The number of carbonyl (C=O) groups is 1. The number of pyridine rings is 1. The number of hydrogen-bond acceptors (Lipinski definition) is 4. The van der Waals surface area contributed by atoms with E-state index in [-0.39, 0.29) is 12.1 Å². The lowest BCUT2D eigenvalue weighted by molar-refractivity contribution is 0.170. The Morgan fingerprint density at radius 2 is 2.00 bits per heavy atom. The zero-order chi connectivity index (χ0) is 17.6. The van der Waals surface area contributed by atoms with Gasteiger partial charge in [0.05, 0.1) is 18.0 Å². The van der Waals surface area contributed by atoms with Crippen molar-refractivity contribution >= 4 is 17.5 Å². The van der Waals surface area contributed by atoms with E-state index in [1.165, 1.54) is 25.0 Å². The number of amides is 2. The minimum Gasteiger partial charge on any atom is -0.386 e. The van der Waals surface area contributed by atoms with Crippen LogP contribution in [-0.2, 0) is 0 Å². The fourth-order valence-corrected chi connectivity index (χ4v) is 2.81. The van der Waals surface area contributed by atoms with Crippen LogP contribution in [0.5, 0.6) is 0 Å². The number of aliphatic hydroxyl groups is 1. The van der Waals surface area contributed by atoms with Crippen molar-refractivity contribution < 1.29 is 14.3 Å². The Morgan fingerprint density at radius 1 is 1.24 bits per heavy atom. The van der Waals surface area contributed by atoms with E-state index in [0.717, 1.165) is 18.9 Å². The largest absolute Gasteiger partial charge is 0.386 e. The molecule has 7 heteroatoms. The van der Waals surface area contributed by atoms with Crippen LogP contribution < -0.4 is 15.5 Å². The molecule has 0 bridgehead atoms. The van der Waals surface area contributed by atoms with E-state index in [0.29, 0.717) is 5.69 Å². The molecular formula is C18H21FN4O2.